The normalized spacial score (nSPS) is 10.5. The van der Waals surface area contributed by atoms with Crippen LogP contribution in [0.3, 0.4) is 0 Å². The highest BCUT2D eigenvalue weighted by Crippen LogP contribution is 2.22. The third kappa shape index (κ3) is 17.1. The van der Waals surface area contributed by atoms with E-state index < -0.39 is 19.9 Å². The molecule has 88 heavy (non-hydrogen) atoms. The Morgan fingerprint density at radius 1 is 0.477 bits per heavy atom. The summed E-state index contributed by atoms with van der Waals surface area (Å²) in [4.78, 5) is 52.0. The Labute approximate surface area is 522 Å². The standard InChI is InChI=1S/C16H13FN6.C14H10N6.C11H7BrN4.C7H6N2.C4H2BrFN2.C3H5BN2O2.C2H4BrF/c17-4-8-22-6-3-14(21-22)13-9-19-16(20-10-13)23-7-2-12-1-5-18-11-15(12)23;1-4-15-9-13-10(1)3-6-20(13)14-16-7-11(8-17-14)12-2-5-18-19-12;12-9-5-14-11(15-6-9)16-4-2-8-1-3-13-7-10(8)16;1-3-8-5-7-6(1)2-4-9-7;5-3-1-7-4(6)8-2-3;7-4(8)3-1-2-5-6-3;3-1-2-4/h1-3,5-7,9-11H,4,8H2;1-9H,(H,18,19);1-7H;1-5,9H;1-2H;1-2,7-8H,(H,5,6);1-2H2. The molecule has 15 aromatic heterocycles. The highest BCUT2D eigenvalue weighted by Gasteiger charge is 2.12. The lowest BCUT2D eigenvalue weighted by molar-refractivity contribution is 0.424. The van der Waals surface area contributed by atoms with Gasteiger partial charge in [-0.25, -0.2) is 44.3 Å². The van der Waals surface area contributed by atoms with Crippen LogP contribution in [0.25, 0.3) is 84.0 Å². The fourth-order valence-corrected chi connectivity index (χ4v) is 8.19. The molecule has 0 saturated heterocycles. The molecule has 5 N–H and O–H groups in total. The molecular weight excluding hydrogens is 1330 g/mol. The number of aromatic nitrogens is 22. The molecular formula is C57H47BBr3F3N22O2. The van der Waals surface area contributed by atoms with Gasteiger partial charge in [0.25, 0.3) is 0 Å². The molecule has 24 nitrogen and oxygen atoms in total. The summed E-state index contributed by atoms with van der Waals surface area (Å²) in [6.07, 6.45) is 39.3. The Hall–Kier alpha value is -10.1. The summed E-state index contributed by atoms with van der Waals surface area (Å²) in [5, 5.41) is 38.8. The molecule has 0 radical (unpaired) electrons. The predicted molar refractivity (Wildman–Crippen MR) is 336 cm³/mol. The van der Waals surface area contributed by atoms with Gasteiger partial charge >= 0.3 is 13.2 Å². The maximum Gasteiger partial charge on any atom is 0.507 e. The average molecular weight is 1380 g/mol. The van der Waals surface area contributed by atoms with Crippen LogP contribution in [0.15, 0.2) is 218 Å². The minimum absolute atomic E-state index is 0.251. The maximum atomic E-state index is 12.3. The molecule has 0 unspecified atom stereocenters. The smallest absolute Gasteiger partial charge is 0.422 e. The number of halogens is 6. The summed E-state index contributed by atoms with van der Waals surface area (Å²) < 4.78 is 43.7. The van der Waals surface area contributed by atoms with Gasteiger partial charge in [-0.3, -0.25) is 52.9 Å². The number of rotatable bonds is 9. The van der Waals surface area contributed by atoms with Crippen LogP contribution in [-0.2, 0) is 6.54 Å². The highest BCUT2D eigenvalue weighted by molar-refractivity contribution is 9.10. The van der Waals surface area contributed by atoms with Gasteiger partial charge in [0.05, 0.1) is 86.0 Å². The topological polar surface area (TPSA) is 301 Å². The van der Waals surface area contributed by atoms with E-state index in [2.05, 4.69) is 138 Å². The molecule has 31 heteroatoms. The number of aromatic amines is 3. The summed E-state index contributed by atoms with van der Waals surface area (Å²) in [6.45, 7) is -0.452. The van der Waals surface area contributed by atoms with Gasteiger partial charge in [-0.05, 0) is 98.6 Å². The number of H-pyrrole nitrogens is 3. The van der Waals surface area contributed by atoms with Gasteiger partial charge in [0.2, 0.25) is 17.8 Å². The van der Waals surface area contributed by atoms with E-state index in [0.29, 0.717) is 33.2 Å². The first-order valence-electron chi connectivity index (χ1n) is 26.0. The van der Waals surface area contributed by atoms with Crippen molar-refractivity contribution >= 4 is 104 Å². The number of hydrogen-bond acceptors (Lipinski definition) is 17. The fraction of sp³-hybridized carbons (Fsp3) is 0.0702. The molecule has 0 aliphatic rings. The van der Waals surface area contributed by atoms with Crippen molar-refractivity contribution in [3.05, 3.63) is 224 Å². The lowest BCUT2D eigenvalue weighted by Gasteiger charge is -2.03. The number of aryl methyl sites for hydroxylation is 1. The molecule has 0 fully saturated rings. The predicted octanol–water partition coefficient (Wildman–Crippen LogP) is 9.81. The third-order valence-electron chi connectivity index (χ3n) is 11.9. The van der Waals surface area contributed by atoms with E-state index in [-0.39, 0.29) is 13.2 Å². The number of nitrogens with zero attached hydrogens (tertiary/aromatic N) is 19. The fourth-order valence-electron chi connectivity index (χ4n) is 7.78. The maximum absolute atomic E-state index is 12.3. The van der Waals surface area contributed by atoms with Gasteiger partial charge in [0.1, 0.15) is 6.67 Å². The molecule has 0 amide bonds. The number of fused-ring (bicyclic) bond motifs is 4. The van der Waals surface area contributed by atoms with Crippen LogP contribution in [0.4, 0.5) is 13.2 Å². The van der Waals surface area contributed by atoms with Crippen molar-refractivity contribution in [2.45, 2.75) is 6.54 Å². The summed E-state index contributed by atoms with van der Waals surface area (Å²) in [7, 11) is -1.43. The lowest BCUT2D eigenvalue weighted by atomic mass is 9.87. The Kier molecular flexibility index (Phi) is 22.6. The zero-order valence-corrected chi connectivity index (χ0v) is 50.5. The van der Waals surface area contributed by atoms with E-state index >= 15 is 0 Å². The van der Waals surface area contributed by atoms with E-state index in [1.807, 2.05) is 112 Å². The van der Waals surface area contributed by atoms with Crippen LogP contribution >= 0.6 is 47.8 Å². The van der Waals surface area contributed by atoms with Gasteiger partial charge < -0.3 is 15.0 Å². The van der Waals surface area contributed by atoms with Gasteiger partial charge in [-0.15, -0.1) is 0 Å². The van der Waals surface area contributed by atoms with Crippen molar-refractivity contribution in [1.29, 1.82) is 0 Å². The van der Waals surface area contributed by atoms with E-state index in [9.17, 15) is 13.2 Å². The van der Waals surface area contributed by atoms with Crippen LogP contribution in [-0.4, -0.2) is 145 Å². The SMILES string of the molecule is Brc1cnc(-n2ccc3ccncc32)nc1.FCCBr.FCCn1ccc(-c2cnc(-n3ccc4ccncc43)nc2)n1.Fc1ncc(Br)cn1.OB(O)c1ccn[nH]1.c1cc2cc[nH]c2cn1.c1cc2ccn(-c3ncc(-c4ccn[nH]4)cn3)c2cn1. The van der Waals surface area contributed by atoms with Crippen molar-refractivity contribution in [3.63, 3.8) is 0 Å². The Morgan fingerprint density at radius 2 is 0.943 bits per heavy atom. The number of hydrogen-bond donors (Lipinski definition) is 5. The molecule has 15 aromatic rings. The summed E-state index contributed by atoms with van der Waals surface area (Å²) in [6, 6.07) is 21.1. The summed E-state index contributed by atoms with van der Waals surface area (Å²) >= 11 is 9.24. The Morgan fingerprint density at radius 3 is 1.38 bits per heavy atom. The average Bonchev–Trinajstić information content (AvgIpc) is 3.54. The molecule has 15 heterocycles. The quantitative estimate of drug-likeness (QED) is 0.0510. The molecule has 15 rings (SSSR count). The van der Waals surface area contributed by atoms with E-state index in [1.54, 1.807) is 91.4 Å². The Balaban J connectivity index is 0.000000130. The number of pyridine rings is 4. The van der Waals surface area contributed by atoms with Crippen LogP contribution in [0.1, 0.15) is 0 Å². The van der Waals surface area contributed by atoms with E-state index in [1.165, 1.54) is 30.0 Å². The second-order valence-electron chi connectivity index (χ2n) is 17.6. The van der Waals surface area contributed by atoms with Crippen molar-refractivity contribution in [2.24, 2.45) is 0 Å². The first kappa shape index (κ1) is 62.5. The second kappa shape index (κ2) is 31.9. The first-order valence-corrected chi connectivity index (χ1v) is 28.7. The van der Waals surface area contributed by atoms with Crippen LogP contribution in [0.2, 0.25) is 0 Å². The molecule has 0 aliphatic carbocycles. The van der Waals surface area contributed by atoms with Crippen LogP contribution in [0, 0.1) is 6.08 Å². The van der Waals surface area contributed by atoms with Crippen LogP contribution in [0.5, 0.6) is 0 Å². The summed E-state index contributed by atoms with van der Waals surface area (Å²) in [5.41, 5.74) is 7.67. The molecule has 0 bridgehead atoms. The summed E-state index contributed by atoms with van der Waals surface area (Å²) in [5.74, 6) is 1.84. The monoisotopic (exact) mass is 1380 g/mol. The highest BCUT2D eigenvalue weighted by atomic mass is 79.9. The van der Waals surface area contributed by atoms with Crippen molar-refractivity contribution < 1.29 is 23.2 Å². The van der Waals surface area contributed by atoms with Gasteiger partial charge in [0.15, 0.2) is 0 Å². The second-order valence-corrected chi connectivity index (χ2v) is 20.2. The molecule has 442 valence electrons. The van der Waals surface area contributed by atoms with Gasteiger partial charge in [-0.1, -0.05) is 15.9 Å². The zero-order valence-electron chi connectivity index (χ0n) is 45.7. The molecule has 0 spiro atoms. The van der Waals surface area contributed by atoms with Crippen molar-refractivity contribution in [1.82, 2.24) is 109 Å². The first-order chi connectivity index (χ1) is 43.1. The molecule has 0 aliphatic heterocycles. The zero-order chi connectivity index (χ0) is 61.5. The third-order valence-corrected chi connectivity index (χ3v) is 13.0. The lowest BCUT2D eigenvalue weighted by Crippen LogP contribution is -2.30. The van der Waals surface area contributed by atoms with Crippen molar-refractivity contribution in [2.75, 3.05) is 18.7 Å². The van der Waals surface area contributed by atoms with Gasteiger partial charge in [0, 0.05) is 156 Å². The van der Waals surface area contributed by atoms with E-state index in [0.717, 1.165) is 65.2 Å². The van der Waals surface area contributed by atoms with E-state index in [4.69, 9.17) is 10.0 Å². The minimum Gasteiger partial charge on any atom is -0.422 e. The molecule has 0 saturated carbocycles. The van der Waals surface area contributed by atoms with Crippen molar-refractivity contribution in [3.8, 4) is 40.4 Å². The molecule has 0 aromatic carbocycles. The van der Waals surface area contributed by atoms with Gasteiger partial charge in [-0.2, -0.15) is 19.7 Å². The Bertz CT molecular complexity index is 4430. The largest absolute Gasteiger partial charge is 0.507 e. The van der Waals surface area contributed by atoms with Crippen LogP contribution < -0.4 is 5.59 Å². The number of alkyl halides is 3. The number of nitrogens with one attached hydrogen (secondary N) is 3. The minimum atomic E-state index is -1.43. The molecule has 0 atom stereocenters.